The summed E-state index contributed by atoms with van der Waals surface area (Å²) in [5.41, 5.74) is 1.71. The summed E-state index contributed by atoms with van der Waals surface area (Å²) in [6, 6.07) is 12.1. The SMILES string of the molecule is O=C(COC(=O)c1ccc2c(c1)NC(=O)CCS2)NCc1cccc(Cl)c1. The van der Waals surface area contributed by atoms with E-state index in [1.54, 1.807) is 48.2 Å². The zero-order valence-corrected chi connectivity index (χ0v) is 15.9. The highest BCUT2D eigenvalue weighted by Gasteiger charge is 2.17. The molecule has 0 aromatic heterocycles. The third-order valence-corrected chi connectivity index (χ3v) is 5.10. The largest absolute Gasteiger partial charge is 0.452 e. The number of thioether (sulfide) groups is 1. The van der Waals surface area contributed by atoms with Gasteiger partial charge in [-0.1, -0.05) is 23.7 Å². The number of hydrogen-bond acceptors (Lipinski definition) is 5. The lowest BCUT2D eigenvalue weighted by molar-refractivity contribution is -0.124. The van der Waals surface area contributed by atoms with E-state index in [4.69, 9.17) is 16.3 Å². The second kappa shape index (κ2) is 8.92. The number of carbonyl (C=O) groups is 3. The molecule has 2 amide bonds. The van der Waals surface area contributed by atoms with Gasteiger partial charge in [0.05, 0.1) is 11.3 Å². The number of amides is 2. The fraction of sp³-hybridized carbons (Fsp3) is 0.211. The second-order valence-corrected chi connectivity index (χ2v) is 7.41. The molecule has 2 aromatic rings. The maximum atomic E-state index is 12.2. The first-order valence-electron chi connectivity index (χ1n) is 8.26. The van der Waals surface area contributed by atoms with Gasteiger partial charge < -0.3 is 15.4 Å². The van der Waals surface area contributed by atoms with Crippen molar-refractivity contribution >= 4 is 46.8 Å². The molecule has 0 saturated heterocycles. The van der Waals surface area contributed by atoms with Gasteiger partial charge in [-0.3, -0.25) is 9.59 Å². The topological polar surface area (TPSA) is 84.5 Å². The van der Waals surface area contributed by atoms with Crippen molar-refractivity contribution in [3.8, 4) is 0 Å². The number of ether oxygens (including phenoxy) is 1. The van der Waals surface area contributed by atoms with E-state index in [0.717, 1.165) is 10.5 Å². The van der Waals surface area contributed by atoms with Crippen molar-refractivity contribution < 1.29 is 19.1 Å². The molecule has 0 aliphatic carbocycles. The molecular weight excluding hydrogens is 388 g/mol. The lowest BCUT2D eigenvalue weighted by Gasteiger charge is -2.10. The highest BCUT2D eigenvalue weighted by molar-refractivity contribution is 7.99. The van der Waals surface area contributed by atoms with Crippen molar-refractivity contribution in [3.05, 3.63) is 58.6 Å². The smallest absolute Gasteiger partial charge is 0.338 e. The van der Waals surface area contributed by atoms with Crippen LogP contribution in [0.2, 0.25) is 5.02 Å². The highest BCUT2D eigenvalue weighted by Crippen LogP contribution is 2.31. The van der Waals surface area contributed by atoms with Gasteiger partial charge in [0.25, 0.3) is 5.91 Å². The van der Waals surface area contributed by atoms with Crippen LogP contribution >= 0.6 is 23.4 Å². The van der Waals surface area contributed by atoms with Crippen LogP contribution in [-0.2, 0) is 20.9 Å². The minimum atomic E-state index is -0.626. The van der Waals surface area contributed by atoms with Gasteiger partial charge in [-0.05, 0) is 35.9 Å². The van der Waals surface area contributed by atoms with Crippen LogP contribution in [0.25, 0.3) is 0 Å². The Morgan fingerprint density at radius 2 is 2.07 bits per heavy atom. The Hall–Kier alpha value is -2.51. The molecule has 0 radical (unpaired) electrons. The number of benzene rings is 2. The predicted molar refractivity (Wildman–Crippen MR) is 104 cm³/mol. The summed E-state index contributed by atoms with van der Waals surface area (Å²) in [6.07, 6.45) is 0.423. The fourth-order valence-corrected chi connectivity index (χ4v) is 3.61. The summed E-state index contributed by atoms with van der Waals surface area (Å²) in [4.78, 5) is 36.6. The monoisotopic (exact) mass is 404 g/mol. The Morgan fingerprint density at radius 1 is 1.22 bits per heavy atom. The molecule has 2 N–H and O–H groups in total. The lowest BCUT2D eigenvalue weighted by atomic mass is 10.2. The molecule has 0 unspecified atom stereocenters. The average Bonchev–Trinajstić information content (AvgIpc) is 2.84. The quantitative estimate of drug-likeness (QED) is 0.747. The zero-order chi connectivity index (χ0) is 19.2. The number of nitrogens with one attached hydrogen (secondary N) is 2. The van der Waals surface area contributed by atoms with E-state index >= 15 is 0 Å². The van der Waals surface area contributed by atoms with Crippen molar-refractivity contribution in [2.45, 2.75) is 17.9 Å². The molecule has 6 nitrogen and oxygen atoms in total. The molecule has 0 spiro atoms. The number of halogens is 1. The zero-order valence-electron chi connectivity index (χ0n) is 14.3. The standard InChI is InChI=1S/C19H17ClN2O4S/c20-14-3-1-2-12(8-14)10-21-18(24)11-26-19(25)13-4-5-16-15(9-13)22-17(23)6-7-27-16/h1-5,8-9H,6-7,10-11H2,(H,21,24)(H,22,23). The van der Waals surface area contributed by atoms with Gasteiger partial charge in [0.2, 0.25) is 5.91 Å². The van der Waals surface area contributed by atoms with Crippen molar-refractivity contribution in [2.75, 3.05) is 17.7 Å². The van der Waals surface area contributed by atoms with Gasteiger partial charge >= 0.3 is 5.97 Å². The Kier molecular flexibility index (Phi) is 6.36. The molecule has 8 heteroatoms. The number of anilines is 1. The molecule has 140 valence electrons. The molecule has 1 heterocycles. The molecule has 0 fully saturated rings. The average molecular weight is 405 g/mol. The fourth-order valence-electron chi connectivity index (χ4n) is 2.46. The van der Waals surface area contributed by atoms with Crippen molar-refractivity contribution in [3.63, 3.8) is 0 Å². The van der Waals surface area contributed by atoms with E-state index < -0.39 is 18.5 Å². The van der Waals surface area contributed by atoms with E-state index in [1.807, 2.05) is 6.07 Å². The van der Waals surface area contributed by atoms with Crippen LogP contribution in [0.5, 0.6) is 0 Å². The summed E-state index contributed by atoms with van der Waals surface area (Å²) in [5, 5.41) is 6.01. The molecule has 0 bridgehead atoms. The molecule has 1 aliphatic heterocycles. The third kappa shape index (κ3) is 5.48. The summed E-state index contributed by atoms with van der Waals surface area (Å²) in [5.74, 6) is -0.441. The van der Waals surface area contributed by atoms with E-state index in [9.17, 15) is 14.4 Å². The minimum absolute atomic E-state index is 0.0906. The molecule has 1 aliphatic rings. The number of hydrogen-bond donors (Lipinski definition) is 2. The van der Waals surface area contributed by atoms with Crippen LogP contribution < -0.4 is 10.6 Å². The van der Waals surface area contributed by atoms with Crippen LogP contribution in [0.3, 0.4) is 0 Å². The Bertz CT molecular complexity index is 888. The van der Waals surface area contributed by atoms with Gasteiger partial charge in [0, 0.05) is 28.6 Å². The van der Waals surface area contributed by atoms with E-state index in [-0.39, 0.29) is 11.5 Å². The van der Waals surface area contributed by atoms with Gasteiger partial charge in [-0.15, -0.1) is 11.8 Å². The van der Waals surface area contributed by atoms with Crippen molar-refractivity contribution in [1.82, 2.24) is 5.32 Å². The van der Waals surface area contributed by atoms with Gasteiger partial charge in [0.1, 0.15) is 0 Å². The Morgan fingerprint density at radius 3 is 2.89 bits per heavy atom. The number of fused-ring (bicyclic) bond motifs is 1. The molecule has 2 aromatic carbocycles. The van der Waals surface area contributed by atoms with E-state index in [0.29, 0.717) is 29.4 Å². The lowest BCUT2D eigenvalue weighted by Crippen LogP contribution is -2.28. The van der Waals surface area contributed by atoms with Crippen molar-refractivity contribution in [1.29, 1.82) is 0 Å². The number of carbonyl (C=O) groups excluding carboxylic acids is 3. The highest BCUT2D eigenvalue weighted by atomic mass is 35.5. The van der Waals surface area contributed by atoms with Crippen LogP contribution in [0.15, 0.2) is 47.4 Å². The van der Waals surface area contributed by atoms with E-state index in [2.05, 4.69) is 10.6 Å². The number of rotatable bonds is 5. The van der Waals surface area contributed by atoms with Crippen LogP contribution in [0, 0.1) is 0 Å². The normalized spacial score (nSPS) is 13.1. The summed E-state index contributed by atoms with van der Waals surface area (Å²) in [7, 11) is 0. The number of esters is 1. The van der Waals surface area contributed by atoms with Crippen molar-refractivity contribution in [2.24, 2.45) is 0 Å². The second-order valence-electron chi connectivity index (χ2n) is 5.84. The maximum absolute atomic E-state index is 12.2. The Balaban J connectivity index is 1.53. The first-order chi connectivity index (χ1) is 13.0. The molecule has 27 heavy (non-hydrogen) atoms. The first kappa shape index (κ1) is 19.3. The van der Waals surface area contributed by atoms with Gasteiger partial charge in [-0.25, -0.2) is 4.79 Å². The third-order valence-electron chi connectivity index (χ3n) is 3.79. The van der Waals surface area contributed by atoms with Gasteiger partial charge in [-0.2, -0.15) is 0 Å². The maximum Gasteiger partial charge on any atom is 0.338 e. The summed E-state index contributed by atoms with van der Waals surface area (Å²) in [6.45, 7) is -0.101. The summed E-state index contributed by atoms with van der Waals surface area (Å²) < 4.78 is 5.05. The van der Waals surface area contributed by atoms with Crippen LogP contribution in [-0.4, -0.2) is 30.1 Å². The molecule has 3 rings (SSSR count). The first-order valence-corrected chi connectivity index (χ1v) is 9.62. The summed E-state index contributed by atoms with van der Waals surface area (Å²) >= 11 is 7.44. The molecular formula is C19H17ClN2O4S. The van der Waals surface area contributed by atoms with E-state index in [1.165, 1.54) is 0 Å². The molecule has 0 saturated carbocycles. The van der Waals surface area contributed by atoms with Crippen LogP contribution in [0.4, 0.5) is 5.69 Å². The van der Waals surface area contributed by atoms with Gasteiger partial charge in [0.15, 0.2) is 6.61 Å². The minimum Gasteiger partial charge on any atom is -0.452 e. The Labute approximate surface area is 165 Å². The van der Waals surface area contributed by atoms with Crippen LogP contribution in [0.1, 0.15) is 22.3 Å². The predicted octanol–water partition coefficient (Wildman–Crippen LogP) is 3.25. The molecule has 0 atom stereocenters.